The van der Waals surface area contributed by atoms with E-state index in [4.69, 9.17) is 4.42 Å². The van der Waals surface area contributed by atoms with Crippen LogP contribution in [0.25, 0.3) is 0 Å². The molecule has 1 saturated carbocycles. The van der Waals surface area contributed by atoms with Gasteiger partial charge >= 0.3 is 0 Å². The Balaban J connectivity index is 2.13. The lowest BCUT2D eigenvalue weighted by molar-refractivity contribution is -0.0465. The van der Waals surface area contributed by atoms with E-state index in [0.717, 1.165) is 25.7 Å². The molecule has 78 valence electrons. The van der Waals surface area contributed by atoms with Crippen molar-refractivity contribution in [1.29, 1.82) is 0 Å². The van der Waals surface area contributed by atoms with Crippen LogP contribution in [-0.4, -0.2) is 10.1 Å². The van der Waals surface area contributed by atoms with Gasteiger partial charge in [0.15, 0.2) is 12.2 Å². The van der Waals surface area contributed by atoms with Crippen LogP contribution in [0.1, 0.15) is 45.3 Å². The average Bonchev–Trinajstić information content (AvgIpc) is 2.64. The zero-order chi connectivity index (χ0) is 10.2. The number of hydrogen-bond donors (Lipinski definition) is 1. The van der Waals surface area contributed by atoms with Crippen LogP contribution in [0.2, 0.25) is 0 Å². The summed E-state index contributed by atoms with van der Waals surface area (Å²) in [6.45, 7) is 4.49. The first-order valence-corrected chi connectivity index (χ1v) is 5.13. The van der Waals surface area contributed by atoms with Crippen molar-refractivity contribution in [1.82, 2.24) is 4.98 Å². The van der Waals surface area contributed by atoms with Gasteiger partial charge in [-0.3, -0.25) is 0 Å². The van der Waals surface area contributed by atoms with Crippen LogP contribution in [0.5, 0.6) is 0 Å². The van der Waals surface area contributed by atoms with E-state index in [1.807, 2.05) is 0 Å². The van der Waals surface area contributed by atoms with Crippen molar-refractivity contribution in [3.8, 4) is 0 Å². The molecule has 1 aliphatic carbocycles. The first-order chi connectivity index (χ1) is 6.52. The van der Waals surface area contributed by atoms with Crippen LogP contribution >= 0.6 is 0 Å². The number of hydrogen-bond acceptors (Lipinski definition) is 3. The molecule has 1 heterocycles. The number of nitrogens with zero attached hydrogens (tertiary/aromatic N) is 1. The monoisotopic (exact) mass is 195 g/mol. The summed E-state index contributed by atoms with van der Waals surface area (Å²) in [6, 6.07) is 0. The summed E-state index contributed by atoms with van der Waals surface area (Å²) in [5, 5.41) is 10.3. The molecule has 0 amide bonds. The van der Waals surface area contributed by atoms with E-state index in [1.54, 1.807) is 6.20 Å². The van der Waals surface area contributed by atoms with Gasteiger partial charge in [-0.25, -0.2) is 4.98 Å². The van der Waals surface area contributed by atoms with Crippen molar-refractivity contribution in [3.63, 3.8) is 0 Å². The average molecular weight is 195 g/mol. The highest BCUT2D eigenvalue weighted by Crippen LogP contribution is 2.44. The molecule has 0 aromatic carbocycles. The molecule has 14 heavy (non-hydrogen) atoms. The van der Waals surface area contributed by atoms with Crippen molar-refractivity contribution in [2.45, 2.75) is 45.1 Å². The molecule has 0 radical (unpaired) electrons. The first kappa shape index (κ1) is 9.71. The predicted molar refractivity (Wildman–Crippen MR) is 52.6 cm³/mol. The van der Waals surface area contributed by atoms with Gasteiger partial charge in [-0.2, -0.15) is 0 Å². The van der Waals surface area contributed by atoms with Gasteiger partial charge in [-0.15, -0.1) is 0 Å². The van der Waals surface area contributed by atoms with E-state index in [1.165, 1.54) is 6.39 Å². The summed E-state index contributed by atoms with van der Waals surface area (Å²) in [6.07, 6.45) is 6.62. The largest absolute Gasteiger partial charge is 0.445 e. The van der Waals surface area contributed by atoms with Crippen LogP contribution in [-0.2, 0) is 5.60 Å². The molecule has 1 N–H and O–H groups in total. The maximum atomic E-state index is 10.3. The molecule has 1 aliphatic rings. The SMILES string of the molecule is CC1(C)CCC(O)(c2cnco2)CC1. The molecule has 0 atom stereocenters. The van der Waals surface area contributed by atoms with Crippen LogP contribution in [0, 0.1) is 5.41 Å². The van der Waals surface area contributed by atoms with Gasteiger partial charge in [-0.1, -0.05) is 13.8 Å². The first-order valence-electron chi connectivity index (χ1n) is 5.13. The molecule has 2 rings (SSSR count). The molecule has 3 nitrogen and oxygen atoms in total. The molecule has 3 heteroatoms. The van der Waals surface area contributed by atoms with Gasteiger partial charge in [0.25, 0.3) is 0 Å². The fraction of sp³-hybridized carbons (Fsp3) is 0.727. The standard InChI is InChI=1S/C11H17NO2/c1-10(2)3-5-11(13,6-4-10)9-7-12-8-14-9/h7-8,13H,3-6H2,1-2H3. The van der Waals surface area contributed by atoms with Gasteiger partial charge < -0.3 is 9.52 Å². The maximum Gasteiger partial charge on any atom is 0.181 e. The highest BCUT2D eigenvalue weighted by molar-refractivity contribution is 5.06. The normalized spacial score (nSPS) is 24.8. The molecule has 1 aromatic rings. The molecule has 1 aromatic heterocycles. The van der Waals surface area contributed by atoms with Gasteiger partial charge in [0, 0.05) is 0 Å². The van der Waals surface area contributed by atoms with Crippen LogP contribution in [0.4, 0.5) is 0 Å². The Hall–Kier alpha value is -0.830. The highest BCUT2D eigenvalue weighted by Gasteiger charge is 2.40. The lowest BCUT2D eigenvalue weighted by atomic mass is 9.70. The number of aromatic nitrogens is 1. The molecular formula is C11H17NO2. The van der Waals surface area contributed by atoms with Crippen molar-refractivity contribution in [2.24, 2.45) is 5.41 Å². The Kier molecular flexibility index (Phi) is 2.14. The second kappa shape index (κ2) is 3.09. The minimum Gasteiger partial charge on any atom is -0.445 e. The van der Waals surface area contributed by atoms with Gasteiger partial charge in [-0.05, 0) is 31.1 Å². The van der Waals surface area contributed by atoms with E-state index in [0.29, 0.717) is 11.2 Å². The second-order valence-corrected chi connectivity index (χ2v) is 5.06. The Bertz CT molecular complexity index is 293. The zero-order valence-electron chi connectivity index (χ0n) is 8.79. The Morgan fingerprint density at radius 1 is 1.29 bits per heavy atom. The number of rotatable bonds is 1. The molecule has 1 fully saturated rings. The van der Waals surface area contributed by atoms with Crippen LogP contribution in [0.3, 0.4) is 0 Å². The number of aliphatic hydroxyl groups is 1. The Morgan fingerprint density at radius 2 is 1.93 bits per heavy atom. The van der Waals surface area contributed by atoms with E-state index in [9.17, 15) is 5.11 Å². The quantitative estimate of drug-likeness (QED) is 0.748. The molecule has 0 spiro atoms. The van der Waals surface area contributed by atoms with Gasteiger partial charge in [0.1, 0.15) is 5.60 Å². The minimum atomic E-state index is -0.772. The highest BCUT2D eigenvalue weighted by atomic mass is 16.4. The van der Waals surface area contributed by atoms with E-state index < -0.39 is 5.60 Å². The smallest absolute Gasteiger partial charge is 0.181 e. The van der Waals surface area contributed by atoms with E-state index in [2.05, 4.69) is 18.8 Å². The lowest BCUT2D eigenvalue weighted by Gasteiger charge is -2.38. The topological polar surface area (TPSA) is 46.3 Å². The molecular weight excluding hydrogens is 178 g/mol. The summed E-state index contributed by atoms with van der Waals surface area (Å²) in [5.41, 5.74) is -0.418. The lowest BCUT2D eigenvalue weighted by Crippen LogP contribution is -2.34. The third kappa shape index (κ3) is 1.69. The number of oxazole rings is 1. The maximum absolute atomic E-state index is 10.3. The van der Waals surface area contributed by atoms with Crippen molar-refractivity contribution in [2.75, 3.05) is 0 Å². The van der Waals surface area contributed by atoms with Gasteiger partial charge in [0.05, 0.1) is 6.20 Å². The van der Waals surface area contributed by atoms with Crippen LogP contribution < -0.4 is 0 Å². The predicted octanol–water partition coefficient (Wildman–Crippen LogP) is 2.46. The second-order valence-electron chi connectivity index (χ2n) is 5.06. The molecule has 0 aliphatic heterocycles. The summed E-state index contributed by atoms with van der Waals surface area (Å²) in [7, 11) is 0. The summed E-state index contributed by atoms with van der Waals surface area (Å²) in [4.78, 5) is 3.85. The summed E-state index contributed by atoms with van der Waals surface area (Å²) < 4.78 is 5.18. The fourth-order valence-electron chi connectivity index (χ4n) is 2.03. The van der Waals surface area contributed by atoms with E-state index >= 15 is 0 Å². The van der Waals surface area contributed by atoms with Crippen molar-refractivity contribution in [3.05, 3.63) is 18.4 Å². The van der Waals surface area contributed by atoms with E-state index in [-0.39, 0.29) is 0 Å². The van der Waals surface area contributed by atoms with Crippen molar-refractivity contribution >= 4 is 0 Å². The fourth-order valence-corrected chi connectivity index (χ4v) is 2.03. The van der Waals surface area contributed by atoms with Crippen LogP contribution in [0.15, 0.2) is 17.0 Å². The van der Waals surface area contributed by atoms with Crippen molar-refractivity contribution < 1.29 is 9.52 Å². The third-order valence-corrected chi connectivity index (χ3v) is 3.32. The van der Waals surface area contributed by atoms with Gasteiger partial charge in [0.2, 0.25) is 0 Å². The zero-order valence-corrected chi connectivity index (χ0v) is 8.79. The summed E-state index contributed by atoms with van der Waals surface area (Å²) in [5.74, 6) is 0.619. The molecule has 0 saturated heterocycles. The molecule has 0 unspecified atom stereocenters. The Morgan fingerprint density at radius 3 is 2.43 bits per heavy atom. The summed E-state index contributed by atoms with van der Waals surface area (Å²) >= 11 is 0. The molecule has 0 bridgehead atoms. The minimum absolute atomic E-state index is 0.353. The third-order valence-electron chi connectivity index (χ3n) is 3.32. The Labute approximate surface area is 84.2 Å².